The van der Waals surface area contributed by atoms with Gasteiger partial charge in [-0.25, -0.2) is 0 Å². The van der Waals surface area contributed by atoms with E-state index < -0.39 is 11.4 Å². The van der Waals surface area contributed by atoms with Crippen molar-refractivity contribution in [3.63, 3.8) is 0 Å². The smallest absolute Gasteiger partial charge is 0.163 e. The fraction of sp³-hybridized carbons (Fsp3) is 0.467. The Labute approximate surface area is 107 Å². The van der Waals surface area contributed by atoms with Gasteiger partial charge in [-0.15, -0.1) is 0 Å². The molecule has 1 aliphatic heterocycles. The average molecular weight is 246 g/mol. The lowest BCUT2D eigenvalue weighted by Crippen LogP contribution is -2.46. The molecule has 96 valence electrons. The minimum atomic E-state index is -1.10. The van der Waals surface area contributed by atoms with E-state index in [2.05, 4.69) is 0 Å². The lowest BCUT2D eigenvalue weighted by Gasteiger charge is -2.36. The Kier molecular flexibility index (Phi) is 2.59. The van der Waals surface area contributed by atoms with E-state index in [0.29, 0.717) is 0 Å². The summed E-state index contributed by atoms with van der Waals surface area (Å²) in [6.07, 6.45) is 4.14. The first-order valence-electron chi connectivity index (χ1n) is 6.32. The van der Waals surface area contributed by atoms with E-state index in [1.165, 1.54) is 0 Å². The number of rotatable bonds is 1. The second kappa shape index (κ2) is 3.92. The van der Waals surface area contributed by atoms with E-state index in [0.717, 1.165) is 12.0 Å². The van der Waals surface area contributed by atoms with Crippen molar-refractivity contribution in [2.24, 2.45) is 0 Å². The van der Waals surface area contributed by atoms with E-state index in [4.69, 9.17) is 9.47 Å². The SMILES string of the molecule is CC1(C)O[C@H]2CC=CC(O)(c3ccccc3)[C@H]2O1. The first-order chi connectivity index (χ1) is 8.51. The van der Waals surface area contributed by atoms with Crippen molar-refractivity contribution in [2.45, 2.75) is 43.9 Å². The van der Waals surface area contributed by atoms with Crippen molar-refractivity contribution < 1.29 is 14.6 Å². The molecule has 0 amide bonds. The first kappa shape index (κ1) is 11.9. The van der Waals surface area contributed by atoms with Gasteiger partial charge in [-0.05, 0) is 31.9 Å². The van der Waals surface area contributed by atoms with Crippen molar-refractivity contribution in [1.29, 1.82) is 0 Å². The zero-order valence-corrected chi connectivity index (χ0v) is 10.7. The maximum Gasteiger partial charge on any atom is 0.163 e. The molecule has 0 aromatic heterocycles. The molecular weight excluding hydrogens is 228 g/mol. The summed E-state index contributed by atoms with van der Waals surface area (Å²) in [5, 5.41) is 11.0. The van der Waals surface area contributed by atoms with Crippen LogP contribution >= 0.6 is 0 Å². The minimum absolute atomic E-state index is 0.0878. The van der Waals surface area contributed by atoms with Crippen molar-refractivity contribution in [3.05, 3.63) is 48.0 Å². The maximum atomic E-state index is 11.0. The van der Waals surface area contributed by atoms with E-state index in [9.17, 15) is 5.11 Å². The summed E-state index contributed by atoms with van der Waals surface area (Å²) in [4.78, 5) is 0. The van der Waals surface area contributed by atoms with Crippen molar-refractivity contribution in [3.8, 4) is 0 Å². The van der Waals surface area contributed by atoms with Gasteiger partial charge in [0.1, 0.15) is 11.7 Å². The first-order valence-corrected chi connectivity index (χ1v) is 6.32. The van der Waals surface area contributed by atoms with Crippen molar-refractivity contribution >= 4 is 0 Å². The summed E-state index contributed by atoms with van der Waals surface area (Å²) >= 11 is 0. The third-order valence-corrected chi connectivity index (χ3v) is 3.59. The Balaban J connectivity index is 2.01. The Morgan fingerprint density at radius 3 is 2.61 bits per heavy atom. The molecule has 1 aromatic rings. The maximum absolute atomic E-state index is 11.0. The molecule has 1 saturated heterocycles. The third-order valence-electron chi connectivity index (χ3n) is 3.59. The Bertz CT molecular complexity index is 466. The number of ether oxygens (including phenoxy) is 2. The number of benzene rings is 1. The monoisotopic (exact) mass is 246 g/mol. The highest BCUT2D eigenvalue weighted by atomic mass is 16.8. The lowest BCUT2D eigenvalue weighted by atomic mass is 9.81. The standard InChI is InChI=1S/C15H18O3/c1-14(2)17-12-9-6-10-15(16,13(12)18-14)11-7-4-3-5-8-11/h3-8,10,12-13,16H,9H2,1-2H3/t12-,13-,15?/m0/s1. The van der Waals surface area contributed by atoms with E-state index in [1.807, 2.05) is 56.3 Å². The molecule has 2 aliphatic rings. The fourth-order valence-electron chi connectivity index (χ4n) is 2.82. The second-order valence-corrected chi connectivity index (χ2v) is 5.42. The fourth-order valence-corrected chi connectivity index (χ4v) is 2.82. The van der Waals surface area contributed by atoms with Gasteiger partial charge in [0.15, 0.2) is 5.79 Å². The van der Waals surface area contributed by atoms with Gasteiger partial charge >= 0.3 is 0 Å². The normalized spacial score (nSPS) is 37.5. The van der Waals surface area contributed by atoms with Gasteiger partial charge in [-0.3, -0.25) is 0 Å². The molecule has 1 N–H and O–H groups in total. The minimum Gasteiger partial charge on any atom is -0.378 e. The van der Waals surface area contributed by atoms with Gasteiger partial charge in [0.05, 0.1) is 6.10 Å². The van der Waals surface area contributed by atoms with E-state index in [-0.39, 0.29) is 12.2 Å². The van der Waals surface area contributed by atoms with Crippen LogP contribution < -0.4 is 0 Å². The second-order valence-electron chi connectivity index (χ2n) is 5.42. The van der Waals surface area contributed by atoms with Gasteiger partial charge < -0.3 is 14.6 Å². The Morgan fingerprint density at radius 2 is 1.89 bits per heavy atom. The molecule has 3 atom stereocenters. The predicted molar refractivity (Wildman–Crippen MR) is 67.9 cm³/mol. The number of hydrogen-bond donors (Lipinski definition) is 1. The molecular formula is C15H18O3. The van der Waals surface area contributed by atoms with Gasteiger partial charge in [0.2, 0.25) is 0 Å². The number of fused-ring (bicyclic) bond motifs is 1. The Morgan fingerprint density at radius 1 is 1.17 bits per heavy atom. The zero-order valence-electron chi connectivity index (χ0n) is 10.7. The van der Waals surface area contributed by atoms with Gasteiger partial charge in [0.25, 0.3) is 0 Å². The molecule has 0 radical (unpaired) electrons. The van der Waals surface area contributed by atoms with Gasteiger partial charge in [-0.1, -0.05) is 36.4 Å². The zero-order chi connectivity index (χ0) is 12.8. The van der Waals surface area contributed by atoms with E-state index >= 15 is 0 Å². The average Bonchev–Trinajstić information content (AvgIpc) is 2.67. The van der Waals surface area contributed by atoms with Crippen LogP contribution in [0.2, 0.25) is 0 Å². The topological polar surface area (TPSA) is 38.7 Å². The summed E-state index contributed by atoms with van der Waals surface area (Å²) in [6.45, 7) is 3.77. The number of hydrogen-bond acceptors (Lipinski definition) is 3. The highest BCUT2D eigenvalue weighted by molar-refractivity contribution is 5.32. The van der Waals surface area contributed by atoms with Crippen LogP contribution in [0.5, 0.6) is 0 Å². The molecule has 1 aromatic carbocycles. The quantitative estimate of drug-likeness (QED) is 0.773. The largest absolute Gasteiger partial charge is 0.378 e. The lowest BCUT2D eigenvalue weighted by molar-refractivity contribution is -0.164. The molecule has 0 bridgehead atoms. The molecule has 1 unspecified atom stereocenters. The molecule has 3 nitrogen and oxygen atoms in total. The van der Waals surface area contributed by atoms with Crippen molar-refractivity contribution in [1.82, 2.24) is 0 Å². The van der Waals surface area contributed by atoms with Crippen LogP contribution in [0.1, 0.15) is 25.8 Å². The highest BCUT2D eigenvalue weighted by Crippen LogP contribution is 2.43. The summed E-state index contributed by atoms with van der Waals surface area (Å²) in [6, 6.07) is 9.62. The van der Waals surface area contributed by atoms with Crippen LogP contribution in [0.15, 0.2) is 42.5 Å². The molecule has 1 fully saturated rings. The van der Waals surface area contributed by atoms with Crippen LogP contribution in [0.4, 0.5) is 0 Å². The summed E-state index contributed by atoms with van der Waals surface area (Å²) in [7, 11) is 0. The molecule has 0 saturated carbocycles. The van der Waals surface area contributed by atoms with Crippen LogP contribution in [0.25, 0.3) is 0 Å². The molecule has 1 heterocycles. The van der Waals surface area contributed by atoms with Gasteiger partial charge in [-0.2, -0.15) is 0 Å². The highest BCUT2D eigenvalue weighted by Gasteiger charge is 2.52. The molecule has 3 heteroatoms. The Hall–Kier alpha value is -1.16. The van der Waals surface area contributed by atoms with Crippen LogP contribution in [-0.2, 0) is 15.1 Å². The van der Waals surface area contributed by atoms with Crippen LogP contribution in [0.3, 0.4) is 0 Å². The molecule has 0 spiro atoms. The third kappa shape index (κ3) is 1.79. The molecule has 1 aliphatic carbocycles. The number of aliphatic hydroxyl groups is 1. The van der Waals surface area contributed by atoms with Crippen molar-refractivity contribution in [2.75, 3.05) is 0 Å². The van der Waals surface area contributed by atoms with Crippen LogP contribution in [0, 0.1) is 0 Å². The van der Waals surface area contributed by atoms with Gasteiger partial charge in [0, 0.05) is 0 Å². The van der Waals surface area contributed by atoms with E-state index in [1.54, 1.807) is 0 Å². The summed E-state index contributed by atoms with van der Waals surface area (Å²) in [5.41, 5.74) is -0.255. The summed E-state index contributed by atoms with van der Waals surface area (Å²) < 4.78 is 11.7. The molecule has 18 heavy (non-hydrogen) atoms. The molecule has 3 rings (SSSR count). The van der Waals surface area contributed by atoms with Crippen LogP contribution in [-0.4, -0.2) is 23.1 Å². The summed E-state index contributed by atoms with van der Waals surface area (Å²) in [5.74, 6) is -0.635. The predicted octanol–water partition coefficient (Wildman–Crippen LogP) is 2.35.